The molecule has 1 heterocycles. The zero-order chi connectivity index (χ0) is 19.1. The monoisotopic (exact) mass is 375 g/mol. The van der Waals surface area contributed by atoms with Gasteiger partial charge in [-0.2, -0.15) is 0 Å². The summed E-state index contributed by atoms with van der Waals surface area (Å²) in [7, 11) is 0. The number of hydrogen-bond acceptors (Lipinski definition) is 4. The van der Waals surface area contributed by atoms with E-state index in [1.807, 2.05) is 29.3 Å². The molecule has 0 aliphatic heterocycles. The Labute approximate surface area is 160 Å². The number of urea groups is 1. The van der Waals surface area contributed by atoms with Crippen molar-refractivity contribution in [2.45, 2.75) is 60.2 Å². The molecule has 0 aliphatic carbocycles. The molecule has 0 bridgehead atoms. The summed E-state index contributed by atoms with van der Waals surface area (Å²) in [6, 6.07) is 6.19. The maximum Gasteiger partial charge on any atom is 0.317 e. The molecule has 1 N–H and O–H groups in total. The number of carbonyl (C=O) groups is 1. The second-order valence-corrected chi connectivity index (χ2v) is 7.38. The molecule has 1 aromatic heterocycles. The molecule has 6 heteroatoms. The van der Waals surface area contributed by atoms with Gasteiger partial charge in [0.1, 0.15) is 17.4 Å². The van der Waals surface area contributed by atoms with Crippen molar-refractivity contribution in [3.8, 4) is 5.75 Å². The molecule has 1 unspecified atom stereocenters. The highest BCUT2D eigenvalue weighted by Crippen LogP contribution is 2.23. The number of ether oxygens (including phenoxy) is 1. The SMILES string of the molecule is CCNC(=O)N(Cc1csc(COc2cccc(C)c2C)n1)C(C)CC. The lowest BCUT2D eigenvalue weighted by atomic mass is 10.1. The van der Waals surface area contributed by atoms with Crippen molar-refractivity contribution in [2.24, 2.45) is 0 Å². The summed E-state index contributed by atoms with van der Waals surface area (Å²) in [4.78, 5) is 18.8. The van der Waals surface area contributed by atoms with Crippen LogP contribution in [0.5, 0.6) is 5.75 Å². The number of nitrogens with zero attached hydrogens (tertiary/aromatic N) is 2. The summed E-state index contributed by atoms with van der Waals surface area (Å²) in [5.41, 5.74) is 3.28. The Hall–Kier alpha value is -2.08. The number of benzene rings is 1. The van der Waals surface area contributed by atoms with Crippen molar-refractivity contribution in [3.63, 3.8) is 0 Å². The first-order chi connectivity index (χ1) is 12.5. The van der Waals surface area contributed by atoms with Gasteiger partial charge in [0, 0.05) is 18.0 Å². The minimum atomic E-state index is -0.0389. The summed E-state index contributed by atoms with van der Waals surface area (Å²) in [6.45, 7) is 11.8. The van der Waals surface area contributed by atoms with E-state index >= 15 is 0 Å². The first kappa shape index (κ1) is 20.2. The largest absolute Gasteiger partial charge is 0.486 e. The van der Waals surface area contributed by atoms with E-state index in [4.69, 9.17) is 4.74 Å². The highest BCUT2D eigenvalue weighted by molar-refractivity contribution is 7.09. The Bertz CT molecular complexity index is 730. The Kier molecular flexibility index (Phi) is 7.45. The summed E-state index contributed by atoms with van der Waals surface area (Å²) in [5, 5.41) is 5.81. The molecular weight excluding hydrogens is 346 g/mol. The molecule has 1 atom stereocenters. The molecule has 0 saturated carbocycles. The van der Waals surface area contributed by atoms with Crippen LogP contribution < -0.4 is 10.1 Å². The lowest BCUT2D eigenvalue weighted by Gasteiger charge is -2.27. The molecule has 0 aliphatic rings. The molecule has 0 spiro atoms. The lowest BCUT2D eigenvalue weighted by Crippen LogP contribution is -2.44. The fourth-order valence-electron chi connectivity index (χ4n) is 2.58. The van der Waals surface area contributed by atoms with Crippen LogP contribution in [-0.2, 0) is 13.2 Å². The Balaban J connectivity index is 2.01. The highest BCUT2D eigenvalue weighted by atomic mass is 32.1. The summed E-state index contributed by atoms with van der Waals surface area (Å²) >= 11 is 1.57. The molecule has 0 saturated heterocycles. The van der Waals surface area contributed by atoms with E-state index in [-0.39, 0.29) is 12.1 Å². The van der Waals surface area contributed by atoms with Gasteiger partial charge in [-0.3, -0.25) is 0 Å². The van der Waals surface area contributed by atoms with Crippen LogP contribution in [0.2, 0.25) is 0 Å². The number of nitrogens with one attached hydrogen (secondary N) is 1. The van der Waals surface area contributed by atoms with Gasteiger partial charge in [-0.1, -0.05) is 19.1 Å². The van der Waals surface area contributed by atoms with Crippen LogP contribution >= 0.6 is 11.3 Å². The van der Waals surface area contributed by atoms with Crippen molar-refractivity contribution in [1.29, 1.82) is 0 Å². The van der Waals surface area contributed by atoms with Gasteiger partial charge < -0.3 is 15.0 Å². The minimum absolute atomic E-state index is 0.0389. The molecular formula is C20H29N3O2S. The minimum Gasteiger partial charge on any atom is -0.486 e. The number of amides is 2. The predicted octanol–water partition coefficient (Wildman–Crippen LogP) is 4.67. The zero-order valence-corrected chi connectivity index (χ0v) is 17.2. The zero-order valence-electron chi connectivity index (χ0n) is 16.3. The van der Waals surface area contributed by atoms with Gasteiger partial charge in [0.25, 0.3) is 0 Å². The van der Waals surface area contributed by atoms with Crippen molar-refractivity contribution in [1.82, 2.24) is 15.2 Å². The normalized spacial score (nSPS) is 11.9. The Morgan fingerprint density at radius 1 is 1.35 bits per heavy atom. The standard InChI is InChI=1S/C20H29N3O2S/c1-6-15(4)23(20(24)21-7-2)11-17-13-26-19(22-17)12-25-18-10-8-9-14(3)16(18)5/h8-10,13,15H,6-7,11-12H2,1-5H3,(H,21,24). The maximum atomic E-state index is 12.3. The van der Waals surface area contributed by atoms with E-state index in [1.54, 1.807) is 11.3 Å². The fraction of sp³-hybridized carbons (Fsp3) is 0.500. The van der Waals surface area contributed by atoms with Crippen LogP contribution in [-0.4, -0.2) is 28.5 Å². The topological polar surface area (TPSA) is 54.5 Å². The molecule has 2 aromatic rings. The number of carbonyl (C=O) groups excluding carboxylic acids is 1. The van der Waals surface area contributed by atoms with Gasteiger partial charge in [0.2, 0.25) is 0 Å². The van der Waals surface area contributed by atoms with Crippen molar-refractivity contribution < 1.29 is 9.53 Å². The van der Waals surface area contributed by atoms with E-state index in [2.05, 4.69) is 44.1 Å². The van der Waals surface area contributed by atoms with E-state index in [1.165, 1.54) is 5.56 Å². The van der Waals surface area contributed by atoms with Gasteiger partial charge in [-0.15, -0.1) is 11.3 Å². The van der Waals surface area contributed by atoms with E-state index < -0.39 is 0 Å². The Morgan fingerprint density at radius 2 is 2.12 bits per heavy atom. The van der Waals surface area contributed by atoms with Gasteiger partial charge in [0.05, 0.1) is 12.2 Å². The number of hydrogen-bond donors (Lipinski definition) is 1. The summed E-state index contributed by atoms with van der Waals surface area (Å²) in [5.74, 6) is 0.894. The van der Waals surface area contributed by atoms with Crippen LogP contribution in [0.15, 0.2) is 23.6 Å². The summed E-state index contributed by atoms with van der Waals surface area (Å²) in [6.07, 6.45) is 0.907. The van der Waals surface area contributed by atoms with Crippen molar-refractivity contribution >= 4 is 17.4 Å². The van der Waals surface area contributed by atoms with Crippen LogP contribution in [0.4, 0.5) is 4.79 Å². The quantitative estimate of drug-likeness (QED) is 0.729. The van der Waals surface area contributed by atoms with Gasteiger partial charge in [-0.25, -0.2) is 9.78 Å². The maximum absolute atomic E-state index is 12.3. The van der Waals surface area contributed by atoms with Gasteiger partial charge in [0.15, 0.2) is 0 Å². The van der Waals surface area contributed by atoms with Crippen LogP contribution in [0.25, 0.3) is 0 Å². The third-order valence-electron chi connectivity index (χ3n) is 4.55. The molecule has 0 fully saturated rings. The average molecular weight is 376 g/mol. The molecule has 2 amide bonds. The van der Waals surface area contributed by atoms with Gasteiger partial charge in [-0.05, 0) is 51.3 Å². The molecule has 0 radical (unpaired) electrons. The lowest BCUT2D eigenvalue weighted by molar-refractivity contribution is 0.173. The highest BCUT2D eigenvalue weighted by Gasteiger charge is 2.20. The number of aryl methyl sites for hydroxylation is 1. The molecule has 2 rings (SSSR count). The molecule has 5 nitrogen and oxygen atoms in total. The first-order valence-corrected chi connectivity index (χ1v) is 10.0. The predicted molar refractivity (Wildman–Crippen MR) is 107 cm³/mol. The van der Waals surface area contributed by atoms with Gasteiger partial charge >= 0.3 is 6.03 Å². The average Bonchev–Trinajstić information content (AvgIpc) is 3.08. The fourth-order valence-corrected chi connectivity index (χ4v) is 3.28. The molecule has 26 heavy (non-hydrogen) atoms. The second-order valence-electron chi connectivity index (χ2n) is 6.44. The third kappa shape index (κ3) is 5.21. The smallest absolute Gasteiger partial charge is 0.317 e. The number of aromatic nitrogens is 1. The van der Waals surface area contributed by atoms with Crippen molar-refractivity contribution in [3.05, 3.63) is 45.4 Å². The van der Waals surface area contributed by atoms with Crippen LogP contribution in [0.1, 0.15) is 49.0 Å². The van der Waals surface area contributed by atoms with Crippen molar-refractivity contribution in [2.75, 3.05) is 6.54 Å². The first-order valence-electron chi connectivity index (χ1n) is 9.13. The number of thiazole rings is 1. The third-order valence-corrected chi connectivity index (χ3v) is 5.42. The van der Waals surface area contributed by atoms with Crippen LogP contribution in [0, 0.1) is 13.8 Å². The van der Waals surface area contributed by atoms with Crippen LogP contribution in [0.3, 0.4) is 0 Å². The molecule has 142 valence electrons. The molecule has 1 aromatic carbocycles. The summed E-state index contributed by atoms with van der Waals surface area (Å²) < 4.78 is 5.93. The second kappa shape index (κ2) is 9.57. The van der Waals surface area contributed by atoms with E-state index in [0.29, 0.717) is 19.7 Å². The Morgan fingerprint density at radius 3 is 2.81 bits per heavy atom. The van der Waals surface area contributed by atoms with E-state index in [0.717, 1.165) is 28.4 Å². The van der Waals surface area contributed by atoms with E-state index in [9.17, 15) is 4.79 Å². The number of rotatable bonds is 8.